The van der Waals surface area contributed by atoms with Crippen LogP contribution in [0.15, 0.2) is 11.5 Å². The smallest absolute Gasteiger partial charge is 0.241 e. The van der Waals surface area contributed by atoms with Crippen molar-refractivity contribution in [1.82, 2.24) is 0 Å². The molecule has 0 heterocycles. The lowest BCUT2D eigenvalue weighted by Gasteiger charge is -2.21. The number of hydrogen-bond acceptors (Lipinski definition) is 1. The van der Waals surface area contributed by atoms with E-state index in [9.17, 15) is 0 Å². The Morgan fingerprint density at radius 3 is 1.67 bits per heavy atom. The highest BCUT2D eigenvalue weighted by atomic mass is 28.4. The first-order chi connectivity index (χ1) is 5.10. The van der Waals surface area contributed by atoms with E-state index in [1.165, 1.54) is 0 Å². The summed E-state index contributed by atoms with van der Waals surface area (Å²) in [6.45, 7) is 15.7. The zero-order valence-electron chi connectivity index (χ0n) is 9.49. The Hall–Kier alpha value is -0.0262. The molecule has 12 heavy (non-hydrogen) atoms. The summed E-state index contributed by atoms with van der Waals surface area (Å²) in [5.74, 6) is 1.13. The first-order valence-electron chi connectivity index (χ1n) is 4.49. The molecule has 1 nitrogen and oxygen atoms in total. The van der Waals surface area contributed by atoms with Crippen molar-refractivity contribution < 1.29 is 4.43 Å². The van der Waals surface area contributed by atoms with Crippen LogP contribution in [0.1, 0.15) is 6.92 Å². The van der Waals surface area contributed by atoms with Gasteiger partial charge in [0.15, 0.2) is 0 Å². The molecule has 3 heteroatoms. The molecule has 0 aromatic carbocycles. The van der Waals surface area contributed by atoms with Gasteiger partial charge in [0.2, 0.25) is 8.32 Å². The van der Waals surface area contributed by atoms with Gasteiger partial charge in [0.05, 0.1) is 13.8 Å². The van der Waals surface area contributed by atoms with E-state index in [0.29, 0.717) is 0 Å². The Kier molecular flexibility index (Phi) is 3.78. The lowest BCUT2D eigenvalue weighted by Crippen LogP contribution is -2.26. The maximum absolute atomic E-state index is 5.85. The molecule has 0 amide bonds. The third-order valence-corrected chi connectivity index (χ3v) is 3.31. The SMILES string of the molecule is CC(=C[Si](C)(C)C)O[Si](C)(C)C. The molecule has 0 radical (unpaired) electrons. The fraction of sp³-hybridized carbons (Fsp3) is 0.778. The average Bonchev–Trinajstić information content (AvgIpc) is 1.49. The van der Waals surface area contributed by atoms with Crippen molar-refractivity contribution in [2.75, 3.05) is 0 Å². The highest BCUT2D eigenvalue weighted by molar-refractivity contribution is 6.81. The van der Waals surface area contributed by atoms with Crippen LogP contribution >= 0.6 is 0 Å². The molecule has 0 rings (SSSR count). The lowest BCUT2D eigenvalue weighted by molar-refractivity contribution is 0.425. The Morgan fingerprint density at radius 2 is 1.42 bits per heavy atom. The molecular formula is C9H22OSi2. The lowest BCUT2D eigenvalue weighted by atomic mass is 10.7. The van der Waals surface area contributed by atoms with Crippen molar-refractivity contribution in [3.05, 3.63) is 11.5 Å². The molecule has 0 aromatic rings. The van der Waals surface area contributed by atoms with Gasteiger partial charge in [0.1, 0.15) is 0 Å². The van der Waals surface area contributed by atoms with Gasteiger partial charge in [0.25, 0.3) is 0 Å². The third kappa shape index (κ3) is 8.07. The van der Waals surface area contributed by atoms with Gasteiger partial charge in [-0.3, -0.25) is 0 Å². The summed E-state index contributed by atoms with van der Waals surface area (Å²) in [6.07, 6.45) is 0. The van der Waals surface area contributed by atoms with Crippen LogP contribution in [-0.2, 0) is 4.43 Å². The summed E-state index contributed by atoms with van der Waals surface area (Å²) >= 11 is 0. The fourth-order valence-electron chi connectivity index (χ4n) is 1.12. The standard InChI is InChI=1S/C9H22OSi2/c1-9(8-11(2,3)4)10-12(5,6)7/h8H,1-7H3. The van der Waals surface area contributed by atoms with Gasteiger partial charge in [-0.2, -0.15) is 0 Å². The van der Waals surface area contributed by atoms with Crippen LogP contribution in [0.2, 0.25) is 39.3 Å². The molecule has 0 fully saturated rings. The van der Waals surface area contributed by atoms with Crippen LogP contribution in [0, 0.1) is 0 Å². The Labute approximate surface area is 79.0 Å². The van der Waals surface area contributed by atoms with Gasteiger partial charge in [-0.15, -0.1) is 0 Å². The molecule has 0 saturated heterocycles. The van der Waals surface area contributed by atoms with Crippen LogP contribution in [0.3, 0.4) is 0 Å². The van der Waals surface area contributed by atoms with Crippen molar-refractivity contribution in [2.45, 2.75) is 46.2 Å². The van der Waals surface area contributed by atoms with E-state index in [1.807, 2.05) is 0 Å². The predicted octanol–water partition coefficient (Wildman–Crippen LogP) is 3.62. The van der Waals surface area contributed by atoms with Crippen LogP contribution in [0.4, 0.5) is 0 Å². The molecule has 0 aliphatic carbocycles. The maximum Gasteiger partial charge on any atom is 0.241 e. The second-order valence-corrected chi connectivity index (χ2v) is 14.8. The molecule has 0 aliphatic rings. The van der Waals surface area contributed by atoms with Crippen molar-refractivity contribution in [3.63, 3.8) is 0 Å². The molecule has 0 unspecified atom stereocenters. The number of allylic oxidation sites excluding steroid dienone is 1. The van der Waals surface area contributed by atoms with E-state index in [4.69, 9.17) is 4.43 Å². The fourth-order valence-corrected chi connectivity index (χ4v) is 3.54. The summed E-state index contributed by atoms with van der Waals surface area (Å²) in [5.41, 5.74) is 2.32. The van der Waals surface area contributed by atoms with Crippen molar-refractivity contribution in [2.24, 2.45) is 0 Å². The van der Waals surface area contributed by atoms with Gasteiger partial charge in [-0.25, -0.2) is 0 Å². The van der Waals surface area contributed by atoms with Gasteiger partial charge < -0.3 is 4.43 Å². The molecule has 0 N–H and O–H groups in total. The van der Waals surface area contributed by atoms with E-state index in [1.54, 1.807) is 0 Å². The average molecular weight is 202 g/mol. The monoisotopic (exact) mass is 202 g/mol. The predicted molar refractivity (Wildman–Crippen MR) is 61.5 cm³/mol. The summed E-state index contributed by atoms with van der Waals surface area (Å²) in [5, 5.41) is 0. The van der Waals surface area contributed by atoms with Gasteiger partial charge >= 0.3 is 0 Å². The van der Waals surface area contributed by atoms with E-state index in [-0.39, 0.29) is 0 Å². The van der Waals surface area contributed by atoms with Gasteiger partial charge in [-0.1, -0.05) is 25.3 Å². The van der Waals surface area contributed by atoms with Crippen LogP contribution < -0.4 is 0 Å². The second-order valence-electron chi connectivity index (χ2n) is 5.34. The molecule has 0 aliphatic heterocycles. The van der Waals surface area contributed by atoms with Crippen LogP contribution in [-0.4, -0.2) is 16.4 Å². The summed E-state index contributed by atoms with van der Waals surface area (Å²) in [4.78, 5) is 0. The summed E-state index contributed by atoms with van der Waals surface area (Å²) < 4.78 is 5.85. The van der Waals surface area contributed by atoms with Crippen molar-refractivity contribution >= 4 is 16.4 Å². The zero-order chi connectivity index (χ0) is 9.99. The van der Waals surface area contributed by atoms with E-state index in [2.05, 4.69) is 51.9 Å². The van der Waals surface area contributed by atoms with Gasteiger partial charge in [0, 0.05) is 0 Å². The number of rotatable bonds is 3. The minimum absolute atomic E-state index is 1.08. The maximum atomic E-state index is 5.85. The van der Waals surface area contributed by atoms with E-state index >= 15 is 0 Å². The van der Waals surface area contributed by atoms with E-state index in [0.717, 1.165) is 5.76 Å². The molecule has 0 saturated carbocycles. The van der Waals surface area contributed by atoms with Gasteiger partial charge in [-0.05, 0) is 26.6 Å². The molecule has 0 aromatic heterocycles. The van der Waals surface area contributed by atoms with E-state index < -0.39 is 16.4 Å². The molecule has 0 atom stereocenters. The minimum atomic E-state index is -1.37. The second kappa shape index (κ2) is 3.79. The molecule has 0 bridgehead atoms. The molecular weight excluding hydrogens is 180 g/mol. The summed E-state index contributed by atoms with van der Waals surface area (Å²) in [6, 6.07) is 0. The third-order valence-electron chi connectivity index (χ3n) is 1.10. The largest absolute Gasteiger partial charge is 0.548 e. The highest BCUT2D eigenvalue weighted by Crippen LogP contribution is 2.13. The highest BCUT2D eigenvalue weighted by Gasteiger charge is 2.17. The summed E-state index contributed by atoms with van der Waals surface area (Å²) in [7, 11) is -2.45. The number of hydrogen-bond donors (Lipinski definition) is 0. The minimum Gasteiger partial charge on any atom is -0.548 e. The molecule has 0 spiro atoms. The zero-order valence-corrected chi connectivity index (χ0v) is 11.5. The van der Waals surface area contributed by atoms with Crippen molar-refractivity contribution in [3.8, 4) is 0 Å². The van der Waals surface area contributed by atoms with Crippen LogP contribution in [0.25, 0.3) is 0 Å². The first kappa shape index (κ1) is 12.0. The first-order valence-corrected chi connectivity index (χ1v) is 11.5. The Morgan fingerprint density at radius 1 is 1.00 bits per heavy atom. The van der Waals surface area contributed by atoms with Crippen molar-refractivity contribution in [1.29, 1.82) is 0 Å². The van der Waals surface area contributed by atoms with Crippen LogP contribution in [0.5, 0.6) is 0 Å². The normalized spacial score (nSPS) is 14.8. The topological polar surface area (TPSA) is 9.23 Å². The Balaban J connectivity index is 4.23. The Bertz CT molecular complexity index is 172. The molecule has 72 valence electrons. The quantitative estimate of drug-likeness (QED) is 0.502.